The van der Waals surface area contributed by atoms with Crippen LogP contribution in [0.3, 0.4) is 0 Å². The van der Waals surface area contributed by atoms with Crippen LogP contribution in [0, 0.1) is 15.5 Å². The van der Waals surface area contributed by atoms with Crippen LogP contribution < -0.4 is 11.1 Å². The monoisotopic (exact) mass is 293 g/mol. The lowest BCUT2D eigenvalue weighted by atomic mass is 9.85. The largest absolute Gasteiger partial charge is 0.396 e. The number of amides is 1. The molecule has 0 saturated heterocycles. The summed E-state index contributed by atoms with van der Waals surface area (Å²) in [6.07, 6.45) is 2.57. The van der Waals surface area contributed by atoms with Crippen LogP contribution in [0.2, 0.25) is 0 Å². The molecular weight excluding hydrogens is 274 g/mol. The van der Waals surface area contributed by atoms with Gasteiger partial charge in [0.05, 0.1) is 11.5 Å². The second-order valence-corrected chi connectivity index (χ2v) is 5.76. The summed E-state index contributed by atoms with van der Waals surface area (Å²) in [6.45, 7) is 1.93. The van der Waals surface area contributed by atoms with Gasteiger partial charge in [-0.05, 0) is 25.0 Å². The molecule has 2 rings (SSSR count). The molecule has 0 aliphatic heterocycles. The first-order valence-corrected chi connectivity index (χ1v) is 6.83. The molecule has 7 nitrogen and oxygen atoms in total. The van der Waals surface area contributed by atoms with Crippen LogP contribution in [0.15, 0.2) is 18.2 Å². The zero-order chi connectivity index (χ0) is 15.6. The van der Waals surface area contributed by atoms with Crippen LogP contribution in [-0.4, -0.2) is 28.6 Å². The first-order chi connectivity index (χ1) is 9.87. The summed E-state index contributed by atoms with van der Waals surface area (Å²) >= 11 is 0. The Morgan fingerprint density at radius 2 is 2.33 bits per heavy atom. The van der Waals surface area contributed by atoms with Gasteiger partial charge in [-0.3, -0.25) is 14.9 Å². The van der Waals surface area contributed by atoms with E-state index in [1.165, 1.54) is 18.2 Å². The average Bonchev–Trinajstić information content (AvgIpc) is 2.81. The molecule has 1 aliphatic rings. The number of hydrogen-bond donors (Lipinski definition) is 3. The van der Waals surface area contributed by atoms with Crippen molar-refractivity contribution in [1.29, 1.82) is 0 Å². The van der Waals surface area contributed by atoms with E-state index in [1.54, 1.807) is 0 Å². The molecule has 7 heteroatoms. The standard InChI is InChI=1S/C14H19N3O4/c1-14(8-18)6-2-3-12(14)16-13(19)9-4-5-10(15)11(7-9)17(20)21/h4-5,7,12,18H,2-3,6,8,15H2,1H3,(H,16,19). The fourth-order valence-corrected chi connectivity index (χ4v) is 2.75. The van der Waals surface area contributed by atoms with Crippen LogP contribution in [0.4, 0.5) is 11.4 Å². The van der Waals surface area contributed by atoms with E-state index in [-0.39, 0.29) is 40.9 Å². The number of nitrogens with one attached hydrogen (secondary N) is 1. The van der Waals surface area contributed by atoms with E-state index in [0.29, 0.717) is 0 Å². The zero-order valence-electron chi connectivity index (χ0n) is 11.8. The molecule has 1 aromatic rings. The van der Waals surface area contributed by atoms with Gasteiger partial charge in [-0.25, -0.2) is 0 Å². The number of nitro benzene ring substituents is 1. The summed E-state index contributed by atoms with van der Waals surface area (Å²) in [5.41, 5.74) is 5.12. The number of carbonyl (C=O) groups is 1. The molecular formula is C14H19N3O4. The molecule has 2 unspecified atom stereocenters. The second-order valence-electron chi connectivity index (χ2n) is 5.76. The Morgan fingerprint density at radius 1 is 1.62 bits per heavy atom. The quantitative estimate of drug-likeness (QED) is 0.441. The number of nitro groups is 1. The minimum Gasteiger partial charge on any atom is -0.396 e. The molecule has 1 saturated carbocycles. The fraction of sp³-hybridized carbons (Fsp3) is 0.500. The molecule has 4 N–H and O–H groups in total. The van der Waals surface area contributed by atoms with E-state index >= 15 is 0 Å². The SMILES string of the molecule is CC1(CO)CCCC1NC(=O)c1ccc(N)c([N+](=O)[O-])c1. The number of aliphatic hydroxyl groups is 1. The molecule has 0 bridgehead atoms. The van der Waals surface area contributed by atoms with Crippen LogP contribution in [-0.2, 0) is 0 Å². The van der Waals surface area contributed by atoms with Crippen molar-refractivity contribution in [2.75, 3.05) is 12.3 Å². The van der Waals surface area contributed by atoms with E-state index in [9.17, 15) is 20.0 Å². The van der Waals surface area contributed by atoms with Crippen molar-refractivity contribution < 1.29 is 14.8 Å². The third kappa shape index (κ3) is 2.97. The number of anilines is 1. The van der Waals surface area contributed by atoms with Crippen molar-refractivity contribution in [3.05, 3.63) is 33.9 Å². The minimum absolute atomic E-state index is 0.000166. The lowest BCUT2D eigenvalue weighted by Gasteiger charge is -2.30. The molecule has 1 amide bonds. The maximum Gasteiger partial charge on any atom is 0.292 e. The highest BCUT2D eigenvalue weighted by Gasteiger charge is 2.39. The molecule has 1 aliphatic carbocycles. The number of benzene rings is 1. The van der Waals surface area contributed by atoms with Gasteiger partial charge >= 0.3 is 0 Å². The average molecular weight is 293 g/mol. The number of rotatable bonds is 4. The summed E-state index contributed by atoms with van der Waals surface area (Å²) in [7, 11) is 0. The predicted octanol–water partition coefficient (Wildman–Crippen LogP) is 1.46. The third-order valence-corrected chi connectivity index (χ3v) is 4.24. The Labute approximate surface area is 122 Å². The smallest absolute Gasteiger partial charge is 0.292 e. The Bertz CT molecular complexity index is 575. The molecule has 0 aromatic heterocycles. The molecule has 1 aromatic carbocycles. The van der Waals surface area contributed by atoms with Gasteiger partial charge in [-0.1, -0.05) is 13.3 Å². The van der Waals surface area contributed by atoms with Gasteiger partial charge in [-0.2, -0.15) is 0 Å². The molecule has 0 radical (unpaired) electrons. The van der Waals surface area contributed by atoms with Gasteiger partial charge in [-0.15, -0.1) is 0 Å². The van der Waals surface area contributed by atoms with E-state index in [1.807, 2.05) is 6.92 Å². The van der Waals surface area contributed by atoms with Crippen LogP contribution in [0.1, 0.15) is 36.5 Å². The van der Waals surface area contributed by atoms with E-state index in [4.69, 9.17) is 5.73 Å². The maximum atomic E-state index is 12.2. The summed E-state index contributed by atoms with van der Waals surface area (Å²) < 4.78 is 0. The number of carbonyl (C=O) groups excluding carboxylic acids is 1. The molecule has 0 heterocycles. The van der Waals surface area contributed by atoms with Crippen LogP contribution >= 0.6 is 0 Å². The van der Waals surface area contributed by atoms with Crippen LogP contribution in [0.25, 0.3) is 0 Å². The van der Waals surface area contributed by atoms with E-state index in [2.05, 4.69) is 5.32 Å². The Balaban J connectivity index is 2.18. The number of aliphatic hydroxyl groups excluding tert-OH is 1. The minimum atomic E-state index is -0.612. The first-order valence-electron chi connectivity index (χ1n) is 6.83. The van der Waals surface area contributed by atoms with Crippen LogP contribution in [0.5, 0.6) is 0 Å². The molecule has 1 fully saturated rings. The molecule has 0 spiro atoms. The third-order valence-electron chi connectivity index (χ3n) is 4.24. The number of nitrogen functional groups attached to an aromatic ring is 1. The lowest BCUT2D eigenvalue weighted by molar-refractivity contribution is -0.383. The maximum absolute atomic E-state index is 12.2. The van der Waals surface area contributed by atoms with Gasteiger partial charge in [0.1, 0.15) is 5.69 Å². The topological polar surface area (TPSA) is 118 Å². The van der Waals surface area contributed by atoms with E-state index in [0.717, 1.165) is 19.3 Å². The normalized spacial score (nSPS) is 24.8. The van der Waals surface area contributed by atoms with E-state index < -0.39 is 4.92 Å². The summed E-state index contributed by atoms with van der Waals surface area (Å²) in [6, 6.07) is 3.86. The highest BCUT2D eigenvalue weighted by molar-refractivity contribution is 5.95. The summed E-state index contributed by atoms with van der Waals surface area (Å²) in [4.78, 5) is 22.5. The Kier molecular flexibility index (Phi) is 4.13. The second kappa shape index (κ2) is 5.69. The Hall–Kier alpha value is -2.15. The zero-order valence-corrected chi connectivity index (χ0v) is 11.8. The lowest BCUT2D eigenvalue weighted by Crippen LogP contribution is -2.44. The van der Waals surface area contributed by atoms with Gasteiger partial charge in [0.25, 0.3) is 11.6 Å². The van der Waals surface area contributed by atoms with Gasteiger partial charge < -0.3 is 16.2 Å². The fourth-order valence-electron chi connectivity index (χ4n) is 2.75. The first kappa shape index (κ1) is 15.2. The highest BCUT2D eigenvalue weighted by atomic mass is 16.6. The van der Waals surface area contributed by atoms with Crippen molar-refractivity contribution in [1.82, 2.24) is 5.32 Å². The van der Waals surface area contributed by atoms with Crippen molar-refractivity contribution in [3.63, 3.8) is 0 Å². The highest BCUT2D eigenvalue weighted by Crippen LogP contribution is 2.37. The molecule has 114 valence electrons. The van der Waals surface area contributed by atoms with Gasteiger partial charge in [0.15, 0.2) is 0 Å². The summed E-state index contributed by atoms with van der Waals surface area (Å²) in [5.74, 6) is -0.385. The van der Waals surface area contributed by atoms with Crippen molar-refractivity contribution in [3.8, 4) is 0 Å². The van der Waals surface area contributed by atoms with Gasteiger partial charge in [0.2, 0.25) is 0 Å². The van der Waals surface area contributed by atoms with Crippen molar-refractivity contribution >= 4 is 17.3 Å². The predicted molar refractivity (Wildman–Crippen MR) is 77.8 cm³/mol. The Morgan fingerprint density at radius 3 is 2.95 bits per heavy atom. The summed E-state index contributed by atoms with van der Waals surface area (Å²) in [5, 5.41) is 23.2. The molecule has 21 heavy (non-hydrogen) atoms. The molecule has 2 atom stereocenters. The van der Waals surface area contributed by atoms with Crippen molar-refractivity contribution in [2.24, 2.45) is 5.41 Å². The number of nitrogens with zero attached hydrogens (tertiary/aromatic N) is 1. The van der Waals surface area contributed by atoms with Crippen molar-refractivity contribution in [2.45, 2.75) is 32.2 Å². The van der Waals surface area contributed by atoms with Gasteiger partial charge in [0, 0.05) is 23.1 Å². The number of nitrogens with two attached hydrogens (primary N) is 1. The number of hydrogen-bond acceptors (Lipinski definition) is 5.